The first-order chi connectivity index (χ1) is 12.7. The van der Waals surface area contributed by atoms with E-state index in [9.17, 15) is 10.1 Å². The molecule has 134 valence electrons. The van der Waals surface area contributed by atoms with Crippen molar-refractivity contribution in [2.75, 3.05) is 17.6 Å². The van der Waals surface area contributed by atoms with Crippen LogP contribution in [0, 0.1) is 10.1 Å². The van der Waals surface area contributed by atoms with Crippen molar-refractivity contribution in [3.05, 3.63) is 87.9 Å². The minimum absolute atomic E-state index is 0.128. The lowest BCUT2D eigenvalue weighted by Crippen LogP contribution is -2.07. The Morgan fingerprint density at radius 1 is 1.15 bits per heavy atom. The van der Waals surface area contributed by atoms with E-state index in [4.69, 9.17) is 0 Å². The molecule has 2 N–H and O–H groups in total. The third-order valence-corrected chi connectivity index (χ3v) is 4.87. The van der Waals surface area contributed by atoms with Gasteiger partial charge in [0, 0.05) is 36.9 Å². The van der Waals surface area contributed by atoms with Crippen LogP contribution >= 0.6 is 11.8 Å². The first-order valence-electron chi connectivity index (χ1n) is 8.34. The summed E-state index contributed by atoms with van der Waals surface area (Å²) in [6, 6.07) is 15.6. The highest BCUT2D eigenvalue weighted by Crippen LogP contribution is 2.29. The standard InChI is InChI=1S/C19H20N4O2S/c24-23(25)18-16(12-15-6-2-1-3-7-15)13-22-19(18)21-10-11-26-14-17-8-4-5-9-20-17/h1-9,13,21-22H,10-12,14H2. The summed E-state index contributed by atoms with van der Waals surface area (Å²) < 4.78 is 0. The van der Waals surface area contributed by atoms with E-state index in [1.54, 1.807) is 24.2 Å². The molecule has 1 aromatic carbocycles. The van der Waals surface area contributed by atoms with Gasteiger partial charge in [-0.1, -0.05) is 36.4 Å². The molecule has 7 heteroatoms. The molecule has 0 aliphatic carbocycles. The van der Waals surface area contributed by atoms with Gasteiger partial charge in [-0.05, 0) is 17.7 Å². The summed E-state index contributed by atoms with van der Waals surface area (Å²) >= 11 is 1.74. The van der Waals surface area contributed by atoms with Crippen LogP contribution < -0.4 is 5.32 Å². The van der Waals surface area contributed by atoms with Crippen LogP contribution in [0.15, 0.2) is 60.9 Å². The fourth-order valence-corrected chi connectivity index (χ4v) is 3.43. The Morgan fingerprint density at radius 2 is 1.96 bits per heavy atom. The van der Waals surface area contributed by atoms with E-state index in [-0.39, 0.29) is 10.6 Å². The summed E-state index contributed by atoms with van der Waals surface area (Å²) in [5.74, 6) is 2.13. The number of pyridine rings is 1. The summed E-state index contributed by atoms with van der Waals surface area (Å²) in [5, 5.41) is 14.6. The van der Waals surface area contributed by atoms with Gasteiger partial charge in [-0.3, -0.25) is 15.1 Å². The van der Waals surface area contributed by atoms with Crippen molar-refractivity contribution in [3.63, 3.8) is 0 Å². The molecule has 0 aliphatic heterocycles. The molecule has 0 radical (unpaired) electrons. The average molecular weight is 368 g/mol. The van der Waals surface area contributed by atoms with E-state index >= 15 is 0 Å². The van der Waals surface area contributed by atoms with Gasteiger partial charge in [0.05, 0.1) is 16.2 Å². The third kappa shape index (κ3) is 4.86. The van der Waals surface area contributed by atoms with Gasteiger partial charge in [-0.2, -0.15) is 11.8 Å². The largest absolute Gasteiger partial charge is 0.365 e. The van der Waals surface area contributed by atoms with Crippen molar-refractivity contribution >= 4 is 23.3 Å². The maximum absolute atomic E-state index is 11.5. The first-order valence-corrected chi connectivity index (χ1v) is 9.49. The summed E-state index contributed by atoms with van der Waals surface area (Å²) in [6.07, 6.45) is 4.03. The number of hydrogen-bond acceptors (Lipinski definition) is 5. The summed E-state index contributed by atoms with van der Waals surface area (Å²) in [4.78, 5) is 18.5. The van der Waals surface area contributed by atoms with E-state index in [2.05, 4.69) is 15.3 Å². The zero-order chi connectivity index (χ0) is 18.2. The van der Waals surface area contributed by atoms with Crippen LogP contribution in [0.3, 0.4) is 0 Å². The number of nitro groups is 1. The van der Waals surface area contributed by atoms with E-state index < -0.39 is 0 Å². The predicted octanol–water partition coefficient (Wildman–Crippen LogP) is 4.25. The van der Waals surface area contributed by atoms with E-state index in [1.807, 2.05) is 48.5 Å². The summed E-state index contributed by atoms with van der Waals surface area (Å²) in [5.41, 5.74) is 2.90. The van der Waals surface area contributed by atoms with Gasteiger partial charge in [0.1, 0.15) is 0 Å². The summed E-state index contributed by atoms with van der Waals surface area (Å²) in [7, 11) is 0. The highest BCUT2D eigenvalue weighted by atomic mass is 32.2. The fourth-order valence-electron chi connectivity index (χ4n) is 2.66. The minimum Gasteiger partial charge on any atom is -0.365 e. The maximum atomic E-state index is 11.5. The predicted molar refractivity (Wildman–Crippen MR) is 106 cm³/mol. The van der Waals surface area contributed by atoms with Gasteiger partial charge < -0.3 is 10.3 Å². The number of benzene rings is 1. The van der Waals surface area contributed by atoms with E-state index in [1.165, 1.54) is 0 Å². The van der Waals surface area contributed by atoms with Crippen molar-refractivity contribution in [1.82, 2.24) is 9.97 Å². The molecule has 0 saturated heterocycles. The van der Waals surface area contributed by atoms with Gasteiger partial charge in [-0.25, -0.2) is 0 Å². The Morgan fingerprint density at radius 3 is 2.69 bits per heavy atom. The van der Waals surface area contributed by atoms with E-state index in [0.29, 0.717) is 24.3 Å². The molecule has 3 aromatic rings. The first kappa shape index (κ1) is 18.0. The van der Waals surface area contributed by atoms with Crippen molar-refractivity contribution in [3.8, 4) is 0 Å². The number of nitrogens with zero attached hydrogens (tertiary/aromatic N) is 2. The van der Waals surface area contributed by atoms with Crippen LogP contribution in [0.5, 0.6) is 0 Å². The topological polar surface area (TPSA) is 83.8 Å². The Labute approximate surface area is 156 Å². The molecule has 0 aliphatic rings. The molecule has 0 atom stereocenters. The van der Waals surface area contributed by atoms with Crippen LogP contribution in [0.4, 0.5) is 11.5 Å². The van der Waals surface area contributed by atoms with Gasteiger partial charge >= 0.3 is 5.69 Å². The molecule has 0 fully saturated rings. The highest BCUT2D eigenvalue weighted by Gasteiger charge is 2.22. The van der Waals surface area contributed by atoms with Crippen LogP contribution in [0.1, 0.15) is 16.8 Å². The van der Waals surface area contributed by atoms with Crippen molar-refractivity contribution in [2.45, 2.75) is 12.2 Å². The van der Waals surface area contributed by atoms with E-state index in [0.717, 1.165) is 22.8 Å². The Bertz CT molecular complexity index is 837. The van der Waals surface area contributed by atoms with Gasteiger partial charge in [0.15, 0.2) is 5.82 Å². The Kier molecular flexibility index (Phi) is 6.27. The molecule has 3 rings (SSSR count). The Balaban J connectivity index is 1.55. The molecule has 0 spiro atoms. The SMILES string of the molecule is O=[N+]([O-])c1c(Cc2ccccc2)c[nH]c1NCCSCc1ccccn1. The number of aromatic amines is 1. The number of H-pyrrole nitrogens is 1. The molecule has 2 aromatic heterocycles. The van der Waals surface area contributed by atoms with Crippen molar-refractivity contribution in [1.29, 1.82) is 0 Å². The lowest BCUT2D eigenvalue weighted by atomic mass is 10.1. The normalized spacial score (nSPS) is 10.6. The number of thioether (sulfide) groups is 1. The van der Waals surface area contributed by atoms with Gasteiger partial charge in [0.2, 0.25) is 0 Å². The van der Waals surface area contributed by atoms with Crippen LogP contribution in [0.25, 0.3) is 0 Å². The number of anilines is 1. The second-order valence-corrected chi connectivity index (χ2v) is 6.86. The Hall–Kier alpha value is -2.80. The lowest BCUT2D eigenvalue weighted by molar-refractivity contribution is -0.384. The molecule has 0 amide bonds. The number of aromatic nitrogens is 2. The molecule has 0 unspecified atom stereocenters. The quantitative estimate of drug-likeness (QED) is 0.335. The zero-order valence-electron chi connectivity index (χ0n) is 14.2. The fraction of sp³-hybridized carbons (Fsp3) is 0.211. The second kappa shape index (κ2) is 9.05. The van der Waals surface area contributed by atoms with Crippen LogP contribution in [-0.4, -0.2) is 27.2 Å². The average Bonchev–Trinajstić information content (AvgIpc) is 3.06. The lowest BCUT2D eigenvalue weighted by Gasteiger charge is -2.05. The van der Waals surface area contributed by atoms with Crippen molar-refractivity contribution in [2.24, 2.45) is 0 Å². The van der Waals surface area contributed by atoms with Crippen LogP contribution in [-0.2, 0) is 12.2 Å². The monoisotopic (exact) mass is 368 g/mol. The molecule has 0 saturated carbocycles. The summed E-state index contributed by atoms with van der Waals surface area (Å²) in [6.45, 7) is 0.642. The highest BCUT2D eigenvalue weighted by molar-refractivity contribution is 7.98. The molecule has 26 heavy (non-hydrogen) atoms. The number of hydrogen-bond donors (Lipinski definition) is 2. The second-order valence-electron chi connectivity index (χ2n) is 5.76. The smallest absolute Gasteiger partial charge is 0.314 e. The van der Waals surface area contributed by atoms with Crippen molar-refractivity contribution < 1.29 is 4.92 Å². The number of rotatable bonds is 9. The number of nitrogens with one attached hydrogen (secondary N) is 2. The molecule has 6 nitrogen and oxygen atoms in total. The molecule has 0 bridgehead atoms. The van der Waals surface area contributed by atoms with Gasteiger partial charge in [-0.15, -0.1) is 0 Å². The molecular weight excluding hydrogens is 348 g/mol. The zero-order valence-corrected chi connectivity index (χ0v) is 15.0. The molecular formula is C19H20N4O2S. The maximum Gasteiger partial charge on any atom is 0.314 e. The van der Waals surface area contributed by atoms with Crippen LogP contribution in [0.2, 0.25) is 0 Å². The van der Waals surface area contributed by atoms with Gasteiger partial charge in [0.25, 0.3) is 0 Å². The minimum atomic E-state index is -0.321. The molecule has 2 heterocycles. The third-order valence-electron chi connectivity index (χ3n) is 3.88.